The molecule has 4 heteroatoms. The van der Waals surface area contributed by atoms with Crippen LogP contribution >= 0.6 is 0 Å². The van der Waals surface area contributed by atoms with Crippen LogP contribution in [0.1, 0.15) is 36.4 Å². The van der Waals surface area contributed by atoms with E-state index in [1.807, 2.05) is 31.2 Å². The molecule has 1 aromatic rings. The van der Waals surface area contributed by atoms with Crippen LogP contribution < -0.4 is 5.32 Å². The van der Waals surface area contributed by atoms with Crippen molar-refractivity contribution in [1.29, 1.82) is 0 Å². The predicted octanol–water partition coefficient (Wildman–Crippen LogP) is 3.99. The summed E-state index contributed by atoms with van der Waals surface area (Å²) >= 11 is 0. The van der Waals surface area contributed by atoms with Crippen LogP contribution in [-0.2, 0) is 0 Å². The van der Waals surface area contributed by atoms with E-state index >= 15 is 0 Å². The van der Waals surface area contributed by atoms with E-state index in [9.17, 15) is 13.2 Å². The molecule has 96 valence electrons. The van der Waals surface area contributed by atoms with Crippen LogP contribution in [0.2, 0.25) is 0 Å². The summed E-state index contributed by atoms with van der Waals surface area (Å²) in [5, 5.41) is 3.08. The van der Waals surface area contributed by atoms with Gasteiger partial charge in [-0.2, -0.15) is 13.2 Å². The van der Waals surface area contributed by atoms with E-state index < -0.39 is 12.6 Å². The number of rotatable bonds is 5. The van der Waals surface area contributed by atoms with Gasteiger partial charge in [0.05, 0.1) is 0 Å². The van der Waals surface area contributed by atoms with E-state index in [0.717, 1.165) is 11.1 Å². The molecule has 1 atom stereocenters. The highest BCUT2D eigenvalue weighted by Crippen LogP contribution is 2.27. The molecule has 0 aliphatic carbocycles. The molecule has 0 fully saturated rings. The fourth-order valence-electron chi connectivity index (χ4n) is 1.94. The largest absolute Gasteiger partial charge is 0.389 e. The summed E-state index contributed by atoms with van der Waals surface area (Å²) in [6.45, 7) is 1.98. The molecule has 1 aromatic carbocycles. The maximum Gasteiger partial charge on any atom is 0.389 e. The number of benzene rings is 1. The summed E-state index contributed by atoms with van der Waals surface area (Å²) in [6.07, 6.45) is -4.11. The second-order valence-electron chi connectivity index (χ2n) is 4.21. The number of aryl methyl sites for hydroxylation is 1. The van der Waals surface area contributed by atoms with Crippen molar-refractivity contribution in [3.63, 3.8) is 0 Å². The smallest absolute Gasteiger partial charge is 0.313 e. The molecular formula is C13H18F3N. The molecule has 0 radical (unpaired) electrons. The second kappa shape index (κ2) is 6.05. The van der Waals surface area contributed by atoms with Gasteiger partial charge in [0.1, 0.15) is 0 Å². The van der Waals surface area contributed by atoms with Gasteiger partial charge in [0, 0.05) is 12.5 Å². The average Bonchev–Trinajstić information content (AvgIpc) is 2.24. The van der Waals surface area contributed by atoms with Gasteiger partial charge in [-0.25, -0.2) is 0 Å². The SMILES string of the molecule is CNC(CCCC(F)(F)F)c1ccccc1C. The third kappa shape index (κ3) is 4.77. The van der Waals surface area contributed by atoms with Crippen molar-refractivity contribution in [3.8, 4) is 0 Å². The number of nitrogens with one attached hydrogen (secondary N) is 1. The van der Waals surface area contributed by atoms with Gasteiger partial charge in [-0.3, -0.25) is 0 Å². The van der Waals surface area contributed by atoms with Crippen LogP contribution in [0.5, 0.6) is 0 Å². The van der Waals surface area contributed by atoms with E-state index in [1.165, 1.54) is 0 Å². The van der Waals surface area contributed by atoms with E-state index in [4.69, 9.17) is 0 Å². The number of hydrogen-bond donors (Lipinski definition) is 1. The van der Waals surface area contributed by atoms with Crippen LogP contribution in [0.25, 0.3) is 0 Å². The zero-order chi connectivity index (χ0) is 12.9. The van der Waals surface area contributed by atoms with Crippen LogP contribution in [0, 0.1) is 6.92 Å². The summed E-state index contributed by atoms with van der Waals surface area (Å²) in [7, 11) is 1.78. The first-order valence-electron chi connectivity index (χ1n) is 5.73. The maximum absolute atomic E-state index is 12.1. The number of alkyl halides is 3. The molecule has 0 saturated heterocycles. The molecule has 17 heavy (non-hydrogen) atoms. The molecule has 0 spiro atoms. The predicted molar refractivity (Wildman–Crippen MR) is 62.9 cm³/mol. The molecular weight excluding hydrogens is 227 g/mol. The Balaban J connectivity index is 2.58. The van der Waals surface area contributed by atoms with Crippen molar-refractivity contribution in [2.75, 3.05) is 7.05 Å². The summed E-state index contributed by atoms with van der Waals surface area (Å²) in [6, 6.07) is 7.78. The second-order valence-corrected chi connectivity index (χ2v) is 4.21. The molecule has 1 nitrogen and oxygen atoms in total. The zero-order valence-corrected chi connectivity index (χ0v) is 10.1. The van der Waals surface area contributed by atoms with Crippen molar-refractivity contribution < 1.29 is 13.2 Å². The summed E-state index contributed by atoms with van der Waals surface area (Å²) in [5.41, 5.74) is 2.19. The first kappa shape index (κ1) is 14.0. The summed E-state index contributed by atoms with van der Waals surface area (Å²) < 4.78 is 36.2. The Morgan fingerprint density at radius 3 is 2.41 bits per heavy atom. The highest BCUT2D eigenvalue weighted by atomic mass is 19.4. The number of hydrogen-bond acceptors (Lipinski definition) is 1. The van der Waals surface area contributed by atoms with Gasteiger partial charge >= 0.3 is 6.18 Å². The minimum Gasteiger partial charge on any atom is -0.313 e. The first-order valence-corrected chi connectivity index (χ1v) is 5.73. The number of halogens is 3. The fourth-order valence-corrected chi connectivity index (χ4v) is 1.94. The van der Waals surface area contributed by atoms with Crippen molar-refractivity contribution in [2.24, 2.45) is 0 Å². The van der Waals surface area contributed by atoms with Gasteiger partial charge in [-0.05, 0) is 37.9 Å². The van der Waals surface area contributed by atoms with E-state index in [0.29, 0.717) is 6.42 Å². The van der Waals surface area contributed by atoms with Gasteiger partial charge in [0.25, 0.3) is 0 Å². The highest BCUT2D eigenvalue weighted by Gasteiger charge is 2.26. The quantitative estimate of drug-likeness (QED) is 0.827. The first-order chi connectivity index (χ1) is 7.94. The topological polar surface area (TPSA) is 12.0 Å². The lowest BCUT2D eigenvalue weighted by Gasteiger charge is -2.19. The van der Waals surface area contributed by atoms with Gasteiger partial charge in [0.15, 0.2) is 0 Å². The Kier molecular flexibility index (Phi) is 5.00. The lowest BCUT2D eigenvalue weighted by molar-refractivity contribution is -0.135. The molecule has 1 N–H and O–H groups in total. The van der Waals surface area contributed by atoms with Crippen molar-refractivity contribution in [3.05, 3.63) is 35.4 Å². The van der Waals surface area contributed by atoms with E-state index in [2.05, 4.69) is 5.32 Å². The van der Waals surface area contributed by atoms with Crippen LogP contribution in [0.3, 0.4) is 0 Å². The minimum absolute atomic E-state index is 0.00134. The van der Waals surface area contributed by atoms with Crippen molar-refractivity contribution >= 4 is 0 Å². The van der Waals surface area contributed by atoms with E-state index in [-0.39, 0.29) is 12.5 Å². The van der Waals surface area contributed by atoms with E-state index in [1.54, 1.807) is 7.05 Å². The van der Waals surface area contributed by atoms with Crippen molar-refractivity contribution in [1.82, 2.24) is 5.32 Å². The highest BCUT2D eigenvalue weighted by molar-refractivity contribution is 5.28. The third-order valence-electron chi connectivity index (χ3n) is 2.87. The molecule has 0 aliphatic rings. The van der Waals surface area contributed by atoms with Gasteiger partial charge in [-0.15, -0.1) is 0 Å². The lowest BCUT2D eigenvalue weighted by atomic mass is 9.97. The molecule has 0 aromatic heterocycles. The Morgan fingerprint density at radius 2 is 1.88 bits per heavy atom. The molecule has 1 unspecified atom stereocenters. The third-order valence-corrected chi connectivity index (χ3v) is 2.87. The molecule has 0 saturated carbocycles. The maximum atomic E-state index is 12.1. The molecule has 0 bridgehead atoms. The minimum atomic E-state index is -4.05. The van der Waals surface area contributed by atoms with Crippen molar-refractivity contribution in [2.45, 2.75) is 38.4 Å². The Bertz CT molecular complexity index is 347. The zero-order valence-electron chi connectivity index (χ0n) is 10.1. The average molecular weight is 245 g/mol. The standard InChI is InChI=1S/C13H18F3N/c1-10-6-3-4-7-11(10)12(17-2)8-5-9-13(14,15)16/h3-4,6-7,12,17H,5,8-9H2,1-2H3. The Morgan fingerprint density at radius 1 is 1.24 bits per heavy atom. The molecule has 0 heterocycles. The Hall–Kier alpha value is -1.03. The van der Waals surface area contributed by atoms with Gasteiger partial charge < -0.3 is 5.32 Å². The van der Waals surface area contributed by atoms with Gasteiger partial charge in [-0.1, -0.05) is 24.3 Å². The monoisotopic (exact) mass is 245 g/mol. The molecule has 0 amide bonds. The normalized spacial score (nSPS) is 13.7. The molecule has 0 aliphatic heterocycles. The van der Waals surface area contributed by atoms with Crippen LogP contribution in [0.4, 0.5) is 13.2 Å². The Labute approximate surface area is 100 Å². The molecule has 1 rings (SSSR count). The summed E-state index contributed by atoms with van der Waals surface area (Å²) in [4.78, 5) is 0. The lowest BCUT2D eigenvalue weighted by Crippen LogP contribution is -2.18. The van der Waals surface area contributed by atoms with Crippen LogP contribution in [-0.4, -0.2) is 13.2 Å². The van der Waals surface area contributed by atoms with Crippen LogP contribution in [0.15, 0.2) is 24.3 Å². The summed E-state index contributed by atoms with van der Waals surface area (Å²) in [5.74, 6) is 0. The van der Waals surface area contributed by atoms with Gasteiger partial charge in [0.2, 0.25) is 0 Å². The fraction of sp³-hybridized carbons (Fsp3) is 0.538.